The Morgan fingerprint density at radius 2 is 2.08 bits per heavy atom. The van der Waals surface area contributed by atoms with E-state index in [1.165, 1.54) is 24.3 Å². The van der Waals surface area contributed by atoms with Crippen molar-refractivity contribution in [3.05, 3.63) is 62.8 Å². The molecule has 0 radical (unpaired) electrons. The number of hydrogen-bond donors (Lipinski definition) is 2. The van der Waals surface area contributed by atoms with Crippen molar-refractivity contribution in [3.63, 3.8) is 0 Å². The van der Waals surface area contributed by atoms with Crippen LogP contribution in [0.5, 0.6) is 0 Å². The van der Waals surface area contributed by atoms with Crippen LogP contribution in [0.2, 0.25) is 5.02 Å². The van der Waals surface area contributed by atoms with Gasteiger partial charge in [0.15, 0.2) is 0 Å². The quantitative estimate of drug-likeness (QED) is 0.766. The van der Waals surface area contributed by atoms with Gasteiger partial charge in [0, 0.05) is 12.6 Å². The Labute approximate surface area is 153 Å². The van der Waals surface area contributed by atoms with Crippen LogP contribution in [-0.2, 0) is 11.3 Å². The van der Waals surface area contributed by atoms with E-state index in [9.17, 15) is 18.8 Å². The highest BCUT2D eigenvalue weighted by molar-refractivity contribution is 6.30. The topological polar surface area (TPSA) is 101 Å². The maximum absolute atomic E-state index is 13.7. The number of carbonyl (C=O) groups is 2. The van der Waals surface area contributed by atoms with Crippen LogP contribution in [0.1, 0.15) is 41.9 Å². The third-order valence-corrected chi connectivity index (χ3v) is 3.87. The third-order valence-electron chi connectivity index (χ3n) is 3.56. The molecule has 0 saturated carbocycles. The number of carboxylic acids is 1. The molecule has 0 saturated heterocycles. The normalized spacial score (nSPS) is 11.8. The summed E-state index contributed by atoms with van der Waals surface area (Å²) in [5, 5.41) is 15.4. The standard InChI is InChI=1S/C17H17ClFN3O4/c1-2-7-22-15(23)6-5-13(21-22)17(26)20-14(9-16(24)25)10-3-4-11(18)12(19)8-10/h3-6,8,14H,2,7,9H2,1H3,(H,20,26)(H,24,25). The third kappa shape index (κ3) is 4.89. The van der Waals surface area contributed by atoms with E-state index in [-0.39, 0.29) is 21.8 Å². The number of hydrogen-bond acceptors (Lipinski definition) is 4. The van der Waals surface area contributed by atoms with Crippen LogP contribution in [0.15, 0.2) is 35.1 Å². The Bertz CT molecular complexity index is 885. The Morgan fingerprint density at radius 3 is 2.69 bits per heavy atom. The molecule has 0 spiro atoms. The molecule has 2 rings (SSSR count). The number of aromatic nitrogens is 2. The fourth-order valence-corrected chi connectivity index (χ4v) is 2.45. The van der Waals surface area contributed by atoms with Gasteiger partial charge < -0.3 is 10.4 Å². The molecule has 1 amide bonds. The zero-order valence-corrected chi connectivity index (χ0v) is 14.7. The Kier molecular flexibility index (Phi) is 6.46. The molecule has 1 atom stereocenters. The van der Waals surface area contributed by atoms with Gasteiger partial charge in [-0.25, -0.2) is 9.07 Å². The van der Waals surface area contributed by atoms with Gasteiger partial charge in [0.05, 0.1) is 17.5 Å². The minimum atomic E-state index is -1.17. The highest BCUT2D eigenvalue weighted by Crippen LogP contribution is 2.22. The van der Waals surface area contributed by atoms with Gasteiger partial charge in [-0.1, -0.05) is 24.6 Å². The number of aliphatic carboxylic acids is 1. The van der Waals surface area contributed by atoms with E-state index in [2.05, 4.69) is 10.4 Å². The minimum Gasteiger partial charge on any atom is -0.481 e. The van der Waals surface area contributed by atoms with E-state index < -0.39 is 30.2 Å². The molecule has 1 aromatic heterocycles. The highest BCUT2D eigenvalue weighted by Gasteiger charge is 2.21. The maximum Gasteiger partial charge on any atom is 0.305 e. The summed E-state index contributed by atoms with van der Waals surface area (Å²) in [6.07, 6.45) is 0.199. The van der Waals surface area contributed by atoms with Gasteiger partial charge in [-0.15, -0.1) is 0 Å². The molecular weight excluding hydrogens is 365 g/mol. The van der Waals surface area contributed by atoms with Crippen molar-refractivity contribution in [2.24, 2.45) is 0 Å². The fraction of sp³-hybridized carbons (Fsp3) is 0.294. The van der Waals surface area contributed by atoms with E-state index >= 15 is 0 Å². The number of benzene rings is 1. The molecule has 1 unspecified atom stereocenters. The first-order valence-electron chi connectivity index (χ1n) is 7.87. The number of aryl methyl sites for hydroxylation is 1. The van der Waals surface area contributed by atoms with E-state index in [4.69, 9.17) is 16.7 Å². The van der Waals surface area contributed by atoms with Crippen LogP contribution >= 0.6 is 11.6 Å². The number of nitrogens with zero attached hydrogens (tertiary/aromatic N) is 2. The predicted octanol–water partition coefficient (Wildman–Crippen LogP) is 2.39. The summed E-state index contributed by atoms with van der Waals surface area (Å²) in [5.74, 6) is -2.56. The number of nitrogens with one attached hydrogen (secondary N) is 1. The van der Waals surface area contributed by atoms with E-state index in [1.54, 1.807) is 0 Å². The minimum absolute atomic E-state index is 0.0390. The van der Waals surface area contributed by atoms with Crippen molar-refractivity contribution < 1.29 is 19.1 Å². The summed E-state index contributed by atoms with van der Waals surface area (Å²) in [6.45, 7) is 2.21. The highest BCUT2D eigenvalue weighted by atomic mass is 35.5. The Balaban J connectivity index is 2.29. The van der Waals surface area contributed by atoms with Crippen molar-refractivity contribution in [1.82, 2.24) is 15.1 Å². The second kappa shape index (κ2) is 8.57. The number of rotatable bonds is 7. The lowest BCUT2D eigenvalue weighted by Gasteiger charge is -2.18. The molecule has 26 heavy (non-hydrogen) atoms. The molecule has 0 fully saturated rings. The fourth-order valence-electron chi connectivity index (χ4n) is 2.33. The summed E-state index contributed by atoms with van der Waals surface area (Å²) in [6, 6.07) is 5.27. The van der Waals surface area contributed by atoms with Crippen molar-refractivity contribution >= 4 is 23.5 Å². The van der Waals surface area contributed by atoms with Crippen molar-refractivity contribution in [3.8, 4) is 0 Å². The van der Waals surface area contributed by atoms with Gasteiger partial charge >= 0.3 is 5.97 Å². The monoisotopic (exact) mass is 381 g/mol. The van der Waals surface area contributed by atoms with E-state index in [1.807, 2.05) is 6.92 Å². The van der Waals surface area contributed by atoms with Gasteiger partial charge in [-0.3, -0.25) is 14.4 Å². The van der Waals surface area contributed by atoms with E-state index in [0.29, 0.717) is 13.0 Å². The first kappa shape index (κ1) is 19.6. The Hall–Kier alpha value is -2.74. The lowest BCUT2D eigenvalue weighted by Crippen LogP contribution is -2.33. The zero-order valence-electron chi connectivity index (χ0n) is 13.9. The summed E-state index contributed by atoms with van der Waals surface area (Å²) < 4.78 is 14.8. The van der Waals surface area contributed by atoms with Gasteiger partial charge in [-0.2, -0.15) is 5.10 Å². The first-order chi connectivity index (χ1) is 12.3. The first-order valence-corrected chi connectivity index (χ1v) is 8.25. The molecule has 7 nitrogen and oxygen atoms in total. The average molecular weight is 382 g/mol. The van der Waals surface area contributed by atoms with Crippen LogP contribution in [0.4, 0.5) is 4.39 Å². The smallest absolute Gasteiger partial charge is 0.305 e. The molecule has 0 aliphatic rings. The molecular formula is C17H17ClFN3O4. The Morgan fingerprint density at radius 1 is 1.35 bits per heavy atom. The van der Waals surface area contributed by atoms with Crippen molar-refractivity contribution in [1.29, 1.82) is 0 Å². The second-order valence-electron chi connectivity index (χ2n) is 5.58. The molecule has 0 aliphatic carbocycles. The van der Waals surface area contributed by atoms with Gasteiger partial charge in [0.1, 0.15) is 11.5 Å². The number of carboxylic acid groups (broad SMARTS) is 1. The van der Waals surface area contributed by atoms with Crippen LogP contribution in [0.25, 0.3) is 0 Å². The number of halogens is 2. The van der Waals surface area contributed by atoms with Crippen LogP contribution in [-0.4, -0.2) is 26.8 Å². The zero-order chi connectivity index (χ0) is 19.3. The van der Waals surface area contributed by atoms with Crippen molar-refractivity contribution in [2.45, 2.75) is 32.4 Å². The van der Waals surface area contributed by atoms with Gasteiger partial charge in [-0.05, 0) is 30.2 Å². The predicted molar refractivity (Wildman–Crippen MR) is 92.7 cm³/mol. The number of amides is 1. The molecule has 9 heteroatoms. The lowest BCUT2D eigenvalue weighted by atomic mass is 10.0. The molecule has 2 N–H and O–H groups in total. The summed E-state index contributed by atoms with van der Waals surface area (Å²) in [4.78, 5) is 35.2. The van der Waals surface area contributed by atoms with Gasteiger partial charge in [0.25, 0.3) is 11.5 Å². The van der Waals surface area contributed by atoms with Crippen LogP contribution in [0, 0.1) is 5.82 Å². The molecule has 1 heterocycles. The molecule has 138 valence electrons. The van der Waals surface area contributed by atoms with Crippen molar-refractivity contribution in [2.75, 3.05) is 0 Å². The average Bonchev–Trinajstić information content (AvgIpc) is 2.58. The van der Waals surface area contributed by atoms with Crippen LogP contribution < -0.4 is 10.9 Å². The molecule has 0 bridgehead atoms. The molecule has 0 aliphatic heterocycles. The summed E-state index contributed by atoms with van der Waals surface area (Å²) >= 11 is 5.63. The van der Waals surface area contributed by atoms with E-state index in [0.717, 1.165) is 10.7 Å². The molecule has 1 aromatic carbocycles. The largest absolute Gasteiger partial charge is 0.481 e. The van der Waals surface area contributed by atoms with Crippen LogP contribution in [0.3, 0.4) is 0 Å². The SMILES string of the molecule is CCCn1nc(C(=O)NC(CC(=O)O)c2ccc(Cl)c(F)c2)ccc1=O. The second-order valence-corrected chi connectivity index (χ2v) is 5.98. The lowest BCUT2D eigenvalue weighted by molar-refractivity contribution is -0.137. The van der Waals surface area contributed by atoms with Gasteiger partial charge in [0.2, 0.25) is 0 Å². The summed E-state index contributed by atoms with van der Waals surface area (Å²) in [5.41, 5.74) is -0.127. The maximum atomic E-state index is 13.7. The molecule has 2 aromatic rings. The number of carbonyl (C=O) groups excluding carboxylic acids is 1. The summed E-state index contributed by atoms with van der Waals surface area (Å²) in [7, 11) is 0.